The van der Waals surface area contributed by atoms with E-state index in [2.05, 4.69) is 11.4 Å². The van der Waals surface area contributed by atoms with Gasteiger partial charge in [-0.3, -0.25) is 9.69 Å². The Morgan fingerprint density at radius 3 is 2.10 bits per heavy atom. The molecule has 3 N–H and O–H groups in total. The summed E-state index contributed by atoms with van der Waals surface area (Å²) >= 11 is 0. The van der Waals surface area contributed by atoms with Crippen LogP contribution in [0.1, 0.15) is 24.0 Å². The number of carbonyl (C=O) groups excluding carboxylic acids is 4. The van der Waals surface area contributed by atoms with Gasteiger partial charge in [-0.2, -0.15) is 5.26 Å². The van der Waals surface area contributed by atoms with Crippen LogP contribution in [0.5, 0.6) is 0 Å². The highest BCUT2D eigenvalue weighted by atomic mass is 16.5. The van der Waals surface area contributed by atoms with Crippen molar-refractivity contribution in [2.24, 2.45) is 5.73 Å². The zero-order valence-corrected chi connectivity index (χ0v) is 21.9. The van der Waals surface area contributed by atoms with Crippen molar-refractivity contribution in [3.8, 4) is 6.07 Å². The van der Waals surface area contributed by atoms with Crippen LogP contribution >= 0.6 is 0 Å². The molecule has 3 rings (SSSR count). The topological polar surface area (TPSA) is 161 Å². The van der Waals surface area contributed by atoms with Crippen molar-refractivity contribution >= 4 is 29.5 Å². The number of rotatable bonds is 8. The van der Waals surface area contributed by atoms with Gasteiger partial charge in [-0.1, -0.05) is 42.5 Å². The molecule has 0 aliphatic carbocycles. The molecule has 0 saturated heterocycles. The summed E-state index contributed by atoms with van der Waals surface area (Å²) in [6.45, 7) is 1.29. The van der Waals surface area contributed by atoms with Crippen LogP contribution in [0.15, 0.2) is 77.3 Å². The van der Waals surface area contributed by atoms with Crippen LogP contribution in [-0.2, 0) is 39.8 Å². The molecule has 1 amide bonds. The average Bonchev–Trinajstić information content (AvgIpc) is 2.95. The smallest absolute Gasteiger partial charge is 0.355 e. The maximum Gasteiger partial charge on any atom is 0.355 e. The fourth-order valence-corrected chi connectivity index (χ4v) is 4.38. The number of nitrogens with zero attached hydrogens (tertiary/aromatic N) is 2. The van der Waals surface area contributed by atoms with E-state index in [9.17, 15) is 24.4 Å². The summed E-state index contributed by atoms with van der Waals surface area (Å²) in [6.07, 6.45) is 0.129. The molecule has 1 aliphatic rings. The number of nitrogens with one attached hydrogen (secondary N) is 1. The van der Waals surface area contributed by atoms with E-state index >= 15 is 0 Å². The first kappa shape index (κ1) is 28.5. The third-order valence-electron chi connectivity index (χ3n) is 6.11. The number of benzene rings is 2. The quantitative estimate of drug-likeness (QED) is 0.379. The van der Waals surface area contributed by atoms with Crippen LogP contribution in [0.4, 0.5) is 5.69 Å². The first-order chi connectivity index (χ1) is 18.7. The standard InChI is InChI=1S/C28H28N4O7/c1-16(33)31-21(26(34)37-2)14-17-10-12-19(13-11-17)32-24(28(36)39-4)23(27(35)38-3)22(20(15-29)25(32)30)18-8-6-5-7-9-18/h5-13,21-22H,14,30H2,1-4H3,(H,31,33). The van der Waals surface area contributed by atoms with Gasteiger partial charge >= 0.3 is 17.9 Å². The van der Waals surface area contributed by atoms with Gasteiger partial charge < -0.3 is 25.3 Å². The third-order valence-corrected chi connectivity index (χ3v) is 6.11. The predicted molar refractivity (Wildman–Crippen MR) is 139 cm³/mol. The molecule has 11 nitrogen and oxygen atoms in total. The van der Waals surface area contributed by atoms with Gasteiger partial charge in [0.05, 0.1) is 44.5 Å². The van der Waals surface area contributed by atoms with E-state index in [1.807, 2.05) is 0 Å². The van der Waals surface area contributed by atoms with Gasteiger partial charge in [0.25, 0.3) is 0 Å². The van der Waals surface area contributed by atoms with E-state index < -0.39 is 35.8 Å². The Bertz CT molecular complexity index is 1370. The van der Waals surface area contributed by atoms with Crippen molar-refractivity contribution < 1.29 is 33.4 Å². The monoisotopic (exact) mass is 532 g/mol. The number of allylic oxidation sites excluding steroid dienone is 1. The van der Waals surface area contributed by atoms with Crippen molar-refractivity contribution in [2.45, 2.75) is 25.3 Å². The number of carbonyl (C=O) groups is 4. The largest absolute Gasteiger partial charge is 0.467 e. The van der Waals surface area contributed by atoms with E-state index in [4.69, 9.17) is 19.9 Å². The van der Waals surface area contributed by atoms with Gasteiger partial charge in [-0.25, -0.2) is 14.4 Å². The van der Waals surface area contributed by atoms with Crippen molar-refractivity contribution in [2.75, 3.05) is 26.2 Å². The van der Waals surface area contributed by atoms with Gasteiger partial charge in [0, 0.05) is 19.0 Å². The molecule has 0 fully saturated rings. The molecule has 2 aromatic rings. The minimum absolute atomic E-state index is 0.0368. The molecule has 0 radical (unpaired) electrons. The summed E-state index contributed by atoms with van der Waals surface area (Å²) in [4.78, 5) is 51.2. The summed E-state index contributed by atoms with van der Waals surface area (Å²) in [7, 11) is 3.56. The normalized spacial score (nSPS) is 15.7. The van der Waals surface area contributed by atoms with Crippen LogP contribution in [-0.4, -0.2) is 51.2 Å². The molecule has 2 atom stereocenters. The van der Waals surface area contributed by atoms with Crippen molar-refractivity contribution in [3.63, 3.8) is 0 Å². The minimum atomic E-state index is -0.980. The molecule has 0 bridgehead atoms. The average molecular weight is 533 g/mol. The number of nitrogens with two attached hydrogens (primary N) is 1. The Kier molecular flexibility index (Phi) is 9.07. The van der Waals surface area contributed by atoms with Gasteiger partial charge in [0.15, 0.2) is 0 Å². The highest BCUT2D eigenvalue weighted by molar-refractivity contribution is 6.06. The Morgan fingerprint density at radius 2 is 1.59 bits per heavy atom. The van der Waals surface area contributed by atoms with Crippen LogP contribution < -0.4 is 16.0 Å². The Balaban J connectivity index is 2.17. The molecular formula is C28H28N4O7. The van der Waals surface area contributed by atoms with E-state index in [0.29, 0.717) is 16.8 Å². The SMILES string of the molecule is COC(=O)C1=C(C(=O)OC)N(c2ccc(CC(NC(C)=O)C(=O)OC)cc2)C(N)=C(C#N)C1c1ccccc1. The highest BCUT2D eigenvalue weighted by Gasteiger charge is 2.43. The Labute approximate surface area is 225 Å². The Hall–Kier alpha value is -5.11. The molecule has 11 heteroatoms. The van der Waals surface area contributed by atoms with E-state index in [-0.39, 0.29) is 29.1 Å². The lowest BCUT2D eigenvalue weighted by Crippen LogP contribution is -2.42. The summed E-state index contributed by atoms with van der Waals surface area (Å²) in [5, 5.41) is 12.7. The molecule has 2 unspecified atom stereocenters. The first-order valence-corrected chi connectivity index (χ1v) is 11.8. The van der Waals surface area contributed by atoms with Gasteiger partial charge in [-0.05, 0) is 23.3 Å². The number of hydrogen-bond acceptors (Lipinski definition) is 10. The summed E-state index contributed by atoms with van der Waals surface area (Å²) in [5.41, 5.74) is 7.77. The van der Waals surface area contributed by atoms with E-state index in [0.717, 1.165) is 7.11 Å². The number of esters is 3. The van der Waals surface area contributed by atoms with Crippen molar-refractivity contribution in [1.82, 2.24) is 5.32 Å². The lowest BCUT2D eigenvalue weighted by atomic mass is 9.81. The molecule has 39 heavy (non-hydrogen) atoms. The number of anilines is 1. The maximum atomic E-state index is 13.1. The number of methoxy groups -OCH3 is 3. The summed E-state index contributed by atoms with van der Waals surface area (Å²) in [6, 6.07) is 16.4. The maximum absolute atomic E-state index is 13.1. The van der Waals surface area contributed by atoms with Gasteiger partial charge in [0.2, 0.25) is 5.91 Å². The molecule has 1 heterocycles. The summed E-state index contributed by atoms with van der Waals surface area (Å²) in [5.74, 6) is -3.75. The molecule has 0 saturated carbocycles. The lowest BCUT2D eigenvalue weighted by Gasteiger charge is -2.36. The third kappa shape index (κ3) is 5.91. The predicted octanol–water partition coefficient (Wildman–Crippen LogP) is 1.80. The zero-order valence-electron chi connectivity index (χ0n) is 21.9. The molecule has 0 spiro atoms. The van der Waals surface area contributed by atoms with E-state index in [1.165, 1.54) is 26.0 Å². The molecule has 0 aromatic heterocycles. The number of ether oxygens (including phenoxy) is 3. The second-order valence-corrected chi connectivity index (χ2v) is 8.48. The number of hydrogen-bond donors (Lipinski definition) is 2. The van der Waals surface area contributed by atoms with Crippen molar-refractivity contribution in [1.29, 1.82) is 5.26 Å². The molecule has 2 aromatic carbocycles. The van der Waals surface area contributed by atoms with Crippen LogP contribution in [0, 0.1) is 11.3 Å². The van der Waals surface area contributed by atoms with Crippen molar-refractivity contribution in [3.05, 3.63) is 88.4 Å². The fraction of sp³-hybridized carbons (Fsp3) is 0.250. The van der Waals surface area contributed by atoms with Crippen LogP contribution in [0.25, 0.3) is 0 Å². The lowest BCUT2D eigenvalue weighted by molar-refractivity contribution is -0.144. The second kappa shape index (κ2) is 12.4. The zero-order chi connectivity index (χ0) is 28.7. The number of nitriles is 1. The van der Waals surface area contributed by atoms with Gasteiger partial charge in [0.1, 0.15) is 17.6 Å². The summed E-state index contributed by atoms with van der Waals surface area (Å²) < 4.78 is 14.8. The van der Waals surface area contributed by atoms with Crippen LogP contribution in [0.2, 0.25) is 0 Å². The molecule has 202 valence electrons. The minimum Gasteiger partial charge on any atom is -0.467 e. The highest BCUT2D eigenvalue weighted by Crippen LogP contribution is 2.43. The molecule has 1 aliphatic heterocycles. The fourth-order valence-electron chi connectivity index (χ4n) is 4.38. The Morgan fingerprint density at radius 1 is 0.974 bits per heavy atom. The number of amides is 1. The first-order valence-electron chi connectivity index (χ1n) is 11.8. The van der Waals surface area contributed by atoms with E-state index in [1.54, 1.807) is 54.6 Å². The van der Waals surface area contributed by atoms with Gasteiger partial charge in [-0.15, -0.1) is 0 Å². The molecular weight excluding hydrogens is 504 g/mol. The second-order valence-electron chi connectivity index (χ2n) is 8.48. The van der Waals surface area contributed by atoms with Crippen LogP contribution in [0.3, 0.4) is 0 Å².